The molecule has 2 heterocycles. The minimum absolute atomic E-state index is 0.492. The van der Waals surface area contributed by atoms with Gasteiger partial charge >= 0.3 is 0 Å². The molecule has 1 aliphatic heterocycles. The molecule has 0 bridgehead atoms. The highest BCUT2D eigenvalue weighted by molar-refractivity contribution is 6.29. The Bertz CT molecular complexity index is 571. The number of halogens is 1. The number of rotatable bonds is 1. The van der Waals surface area contributed by atoms with Gasteiger partial charge in [0.05, 0.1) is 5.69 Å². The topological polar surface area (TPSA) is 42.1 Å². The number of aromatic nitrogens is 1. The van der Waals surface area contributed by atoms with Gasteiger partial charge in [0, 0.05) is 13.1 Å². The second kappa shape index (κ2) is 5.10. The molecule has 0 amide bonds. The van der Waals surface area contributed by atoms with Crippen molar-refractivity contribution in [2.45, 2.75) is 12.8 Å². The van der Waals surface area contributed by atoms with Crippen LogP contribution in [0.2, 0.25) is 5.15 Å². The lowest BCUT2D eigenvalue weighted by Crippen LogP contribution is -2.27. The van der Waals surface area contributed by atoms with Crippen LogP contribution < -0.4 is 10.6 Å². The van der Waals surface area contributed by atoms with E-state index >= 15 is 0 Å². The van der Waals surface area contributed by atoms with Gasteiger partial charge in [-0.1, -0.05) is 35.9 Å². The molecule has 0 aliphatic carbocycles. The lowest BCUT2D eigenvalue weighted by Gasteiger charge is -2.22. The fourth-order valence-corrected chi connectivity index (χ4v) is 2.71. The third-order valence-corrected chi connectivity index (χ3v) is 3.80. The predicted octanol–water partition coefficient (Wildman–Crippen LogP) is 2.92. The van der Waals surface area contributed by atoms with Crippen molar-refractivity contribution in [3.8, 4) is 0 Å². The van der Waals surface area contributed by atoms with Gasteiger partial charge in [0.1, 0.15) is 5.15 Å². The summed E-state index contributed by atoms with van der Waals surface area (Å²) in [5.74, 6) is 0.806. The molecule has 3 nitrogen and oxygen atoms in total. The van der Waals surface area contributed by atoms with Crippen molar-refractivity contribution >= 4 is 23.1 Å². The normalized spacial score (nSPS) is 14.9. The molecule has 1 aromatic carbocycles. The summed E-state index contributed by atoms with van der Waals surface area (Å²) in [4.78, 5) is 6.59. The third-order valence-electron chi connectivity index (χ3n) is 3.59. The first-order chi connectivity index (χ1) is 9.24. The van der Waals surface area contributed by atoms with E-state index in [4.69, 9.17) is 17.3 Å². The van der Waals surface area contributed by atoms with Crippen LogP contribution in [0.1, 0.15) is 11.1 Å². The minimum atomic E-state index is 0.492. The van der Waals surface area contributed by atoms with E-state index in [9.17, 15) is 0 Å². The highest BCUT2D eigenvalue weighted by atomic mass is 35.5. The fraction of sp³-hybridized carbons (Fsp3) is 0.267. The van der Waals surface area contributed by atoms with Gasteiger partial charge in [-0.05, 0) is 36.1 Å². The zero-order valence-corrected chi connectivity index (χ0v) is 11.4. The van der Waals surface area contributed by atoms with Crippen LogP contribution in [0.4, 0.5) is 11.5 Å². The maximum atomic E-state index is 6.01. The van der Waals surface area contributed by atoms with Crippen LogP contribution in [0, 0.1) is 0 Å². The molecular weight excluding hydrogens is 258 g/mol. The van der Waals surface area contributed by atoms with E-state index in [1.165, 1.54) is 11.1 Å². The van der Waals surface area contributed by atoms with E-state index in [0.29, 0.717) is 10.8 Å². The third kappa shape index (κ3) is 2.51. The zero-order valence-electron chi connectivity index (χ0n) is 10.6. The number of nitrogens with two attached hydrogens (primary N) is 1. The van der Waals surface area contributed by atoms with Gasteiger partial charge in [0.2, 0.25) is 0 Å². The average molecular weight is 274 g/mol. The van der Waals surface area contributed by atoms with E-state index in [0.717, 1.165) is 31.7 Å². The highest BCUT2D eigenvalue weighted by Crippen LogP contribution is 2.25. The minimum Gasteiger partial charge on any atom is -0.396 e. The number of hydrogen-bond donors (Lipinski definition) is 1. The second-order valence-corrected chi connectivity index (χ2v) is 5.19. The lowest BCUT2D eigenvalue weighted by molar-refractivity contribution is 0.792. The Morgan fingerprint density at radius 2 is 1.63 bits per heavy atom. The van der Waals surface area contributed by atoms with Gasteiger partial charge < -0.3 is 10.6 Å². The predicted molar refractivity (Wildman–Crippen MR) is 79.7 cm³/mol. The number of benzene rings is 1. The van der Waals surface area contributed by atoms with E-state index in [1.807, 2.05) is 6.07 Å². The zero-order chi connectivity index (χ0) is 13.2. The first-order valence-electron chi connectivity index (χ1n) is 6.48. The summed E-state index contributed by atoms with van der Waals surface area (Å²) in [6.07, 6.45) is 2.04. The van der Waals surface area contributed by atoms with Crippen LogP contribution in [0.5, 0.6) is 0 Å². The molecule has 0 saturated carbocycles. The summed E-state index contributed by atoms with van der Waals surface area (Å²) in [5, 5.41) is 0.492. The van der Waals surface area contributed by atoms with E-state index in [2.05, 4.69) is 34.1 Å². The second-order valence-electron chi connectivity index (χ2n) is 4.80. The molecule has 0 saturated heterocycles. The Labute approximate surface area is 118 Å². The lowest BCUT2D eigenvalue weighted by atomic mass is 10.0. The molecule has 0 spiro atoms. The molecule has 1 aromatic heterocycles. The van der Waals surface area contributed by atoms with Crippen molar-refractivity contribution in [3.63, 3.8) is 0 Å². The van der Waals surface area contributed by atoms with Crippen LogP contribution in [-0.4, -0.2) is 18.1 Å². The number of pyridine rings is 1. The summed E-state index contributed by atoms with van der Waals surface area (Å²) < 4.78 is 0. The molecule has 0 unspecified atom stereocenters. The molecule has 2 aromatic rings. The molecule has 0 atom stereocenters. The smallest absolute Gasteiger partial charge is 0.153 e. The average Bonchev–Trinajstić information content (AvgIpc) is 2.64. The fourth-order valence-electron chi connectivity index (χ4n) is 2.57. The van der Waals surface area contributed by atoms with Crippen molar-refractivity contribution in [1.82, 2.24) is 4.98 Å². The van der Waals surface area contributed by atoms with E-state index < -0.39 is 0 Å². The first kappa shape index (κ1) is 12.3. The van der Waals surface area contributed by atoms with Gasteiger partial charge in [0.15, 0.2) is 5.82 Å². The molecule has 2 N–H and O–H groups in total. The summed E-state index contributed by atoms with van der Waals surface area (Å²) in [6.45, 7) is 1.85. The molecule has 4 heteroatoms. The Morgan fingerprint density at radius 3 is 2.26 bits per heavy atom. The Balaban J connectivity index is 1.87. The van der Waals surface area contributed by atoms with Crippen LogP contribution in [0.15, 0.2) is 36.4 Å². The maximum Gasteiger partial charge on any atom is 0.153 e. The van der Waals surface area contributed by atoms with Gasteiger partial charge in [0.25, 0.3) is 0 Å². The number of nitrogen functional groups attached to an aromatic ring is 1. The summed E-state index contributed by atoms with van der Waals surface area (Å²) in [7, 11) is 0. The first-order valence-corrected chi connectivity index (χ1v) is 6.85. The largest absolute Gasteiger partial charge is 0.396 e. The molecular formula is C15H16ClN3. The number of hydrogen-bond acceptors (Lipinski definition) is 3. The van der Waals surface area contributed by atoms with Crippen LogP contribution >= 0.6 is 11.6 Å². The van der Waals surface area contributed by atoms with E-state index in [1.54, 1.807) is 6.07 Å². The molecule has 0 radical (unpaired) electrons. The van der Waals surface area contributed by atoms with Crippen molar-refractivity contribution in [3.05, 3.63) is 52.7 Å². The van der Waals surface area contributed by atoms with Crippen molar-refractivity contribution in [1.29, 1.82) is 0 Å². The Kier molecular flexibility index (Phi) is 3.30. The highest BCUT2D eigenvalue weighted by Gasteiger charge is 2.17. The summed E-state index contributed by atoms with van der Waals surface area (Å²) >= 11 is 5.97. The monoisotopic (exact) mass is 273 g/mol. The summed E-state index contributed by atoms with van der Waals surface area (Å²) in [5.41, 5.74) is 9.55. The standard InChI is InChI=1S/C15H16ClN3/c16-14-6-5-13(17)15(18-14)19-9-7-11-3-1-2-4-12(11)8-10-19/h1-6H,7-10,17H2. The van der Waals surface area contributed by atoms with Gasteiger partial charge in [-0.25, -0.2) is 4.98 Å². The van der Waals surface area contributed by atoms with Crippen molar-refractivity contribution < 1.29 is 0 Å². The molecule has 3 rings (SSSR count). The Morgan fingerprint density at radius 1 is 1.00 bits per heavy atom. The number of anilines is 2. The molecule has 0 fully saturated rings. The van der Waals surface area contributed by atoms with Crippen molar-refractivity contribution in [2.75, 3.05) is 23.7 Å². The molecule has 19 heavy (non-hydrogen) atoms. The number of nitrogens with zero attached hydrogens (tertiary/aromatic N) is 2. The molecule has 1 aliphatic rings. The molecule has 98 valence electrons. The van der Waals surface area contributed by atoms with Gasteiger partial charge in [-0.3, -0.25) is 0 Å². The summed E-state index contributed by atoms with van der Waals surface area (Å²) in [6, 6.07) is 12.2. The van der Waals surface area contributed by atoms with Gasteiger partial charge in [-0.15, -0.1) is 0 Å². The Hall–Kier alpha value is -1.74. The maximum absolute atomic E-state index is 6.01. The van der Waals surface area contributed by atoms with Crippen molar-refractivity contribution in [2.24, 2.45) is 0 Å². The van der Waals surface area contributed by atoms with Crippen LogP contribution in [-0.2, 0) is 12.8 Å². The quantitative estimate of drug-likeness (QED) is 0.813. The van der Waals surface area contributed by atoms with Crippen LogP contribution in [0.25, 0.3) is 0 Å². The van der Waals surface area contributed by atoms with Crippen LogP contribution in [0.3, 0.4) is 0 Å². The van der Waals surface area contributed by atoms with Gasteiger partial charge in [-0.2, -0.15) is 0 Å². The number of fused-ring (bicyclic) bond motifs is 1. The SMILES string of the molecule is Nc1ccc(Cl)nc1N1CCc2ccccc2CC1. The van der Waals surface area contributed by atoms with E-state index in [-0.39, 0.29) is 0 Å².